The lowest BCUT2D eigenvalue weighted by atomic mass is 9.98. The molecular formula is C14H28N2O. The van der Waals surface area contributed by atoms with Crippen molar-refractivity contribution in [2.24, 2.45) is 0 Å². The highest BCUT2D eigenvalue weighted by atomic mass is 16.5. The van der Waals surface area contributed by atoms with Gasteiger partial charge in [-0.2, -0.15) is 0 Å². The second kappa shape index (κ2) is 6.72. The zero-order chi connectivity index (χ0) is 12.1. The Morgan fingerprint density at radius 2 is 2.12 bits per heavy atom. The van der Waals surface area contributed by atoms with E-state index in [0.29, 0.717) is 6.10 Å². The Labute approximate surface area is 106 Å². The minimum Gasteiger partial charge on any atom is -0.378 e. The van der Waals surface area contributed by atoms with Crippen LogP contribution in [0.15, 0.2) is 0 Å². The van der Waals surface area contributed by atoms with E-state index in [4.69, 9.17) is 4.74 Å². The first kappa shape index (κ1) is 13.3. The highest BCUT2D eigenvalue weighted by Gasteiger charge is 2.31. The van der Waals surface area contributed by atoms with Crippen LogP contribution in [0.3, 0.4) is 0 Å². The predicted octanol–water partition coefficient (Wildman–Crippen LogP) is 2.02. The molecule has 0 spiro atoms. The molecule has 2 rings (SSSR count). The topological polar surface area (TPSA) is 24.5 Å². The Bertz CT molecular complexity index is 216. The summed E-state index contributed by atoms with van der Waals surface area (Å²) in [6.07, 6.45) is 6.74. The number of nitrogens with one attached hydrogen (secondary N) is 1. The van der Waals surface area contributed by atoms with Gasteiger partial charge in [-0.05, 0) is 45.2 Å². The molecule has 0 saturated carbocycles. The summed E-state index contributed by atoms with van der Waals surface area (Å²) in [5.41, 5.74) is 0. The van der Waals surface area contributed by atoms with E-state index in [9.17, 15) is 0 Å². The minimum atomic E-state index is 0.502. The van der Waals surface area contributed by atoms with E-state index in [-0.39, 0.29) is 0 Å². The van der Waals surface area contributed by atoms with Gasteiger partial charge in [0.2, 0.25) is 0 Å². The second-order valence-electron chi connectivity index (χ2n) is 5.46. The third-order valence-corrected chi connectivity index (χ3v) is 4.25. The van der Waals surface area contributed by atoms with E-state index in [1.54, 1.807) is 0 Å². The van der Waals surface area contributed by atoms with Crippen LogP contribution in [0.25, 0.3) is 0 Å². The second-order valence-corrected chi connectivity index (χ2v) is 5.46. The summed E-state index contributed by atoms with van der Waals surface area (Å²) < 4.78 is 5.81. The van der Waals surface area contributed by atoms with Gasteiger partial charge in [0.1, 0.15) is 0 Å². The van der Waals surface area contributed by atoms with Gasteiger partial charge in [-0.3, -0.25) is 4.90 Å². The highest BCUT2D eigenvalue weighted by Crippen LogP contribution is 2.24. The summed E-state index contributed by atoms with van der Waals surface area (Å²) in [5.74, 6) is 0. The zero-order valence-electron chi connectivity index (χ0n) is 11.5. The van der Waals surface area contributed by atoms with E-state index >= 15 is 0 Å². The first-order chi connectivity index (χ1) is 8.35. The summed E-state index contributed by atoms with van der Waals surface area (Å²) >= 11 is 0. The van der Waals surface area contributed by atoms with Gasteiger partial charge >= 0.3 is 0 Å². The van der Waals surface area contributed by atoms with Crippen LogP contribution in [0.1, 0.15) is 46.0 Å². The smallest absolute Gasteiger partial charge is 0.0587 e. The summed E-state index contributed by atoms with van der Waals surface area (Å²) in [4.78, 5) is 2.77. The van der Waals surface area contributed by atoms with Crippen molar-refractivity contribution < 1.29 is 4.74 Å². The Morgan fingerprint density at radius 3 is 2.76 bits per heavy atom. The lowest BCUT2D eigenvalue weighted by Gasteiger charge is -2.40. The van der Waals surface area contributed by atoms with Gasteiger partial charge in [-0.15, -0.1) is 0 Å². The molecule has 2 aliphatic heterocycles. The third-order valence-electron chi connectivity index (χ3n) is 4.25. The van der Waals surface area contributed by atoms with Crippen LogP contribution in [0, 0.1) is 0 Å². The molecule has 0 amide bonds. The fourth-order valence-corrected chi connectivity index (χ4v) is 3.29. The first-order valence-electron chi connectivity index (χ1n) is 7.43. The van der Waals surface area contributed by atoms with Crippen molar-refractivity contribution in [1.82, 2.24) is 10.2 Å². The number of hydrogen-bond donors (Lipinski definition) is 1. The molecule has 3 heteroatoms. The largest absolute Gasteiger partial charge is 0.378 e. The first-order valence-corrected chi connectivity index (χ1v) is 7.43. The van der Waals surface area contributed by atoms with Gasteiger partial charge in [0, 0.05) is 25.2 Å². The quantitative estimate of drug-likeness (QED) is 0.795. The standard InChI is InChI=1S/C14H28N2O/c1-3-8-16(13-5-7-15-11-13)12-6-9-17-14(4-2)10-12/h12-15H,3-11H2,1-2H3. The van der Waals surface area contributed by atoms with Crippen molar-refractivity contribution in [2.45, 2.75) is 64.1 Å². The predicted molar refractivity (Wildman–Crippen MR) is 71.3 cm³/mol. The van der Waals surface area contributed by atoms with E-state index in [1.807, 2.05) is 0 Å². The van der Waals surface area contributed by atoms with Crippen LogP contribution in [-0.2, 0) is 4.74 Å². The molecule has 0 radical (unpaired) electrons. The van der Waals surface area contributed by atoms with Gasteiger partial charge in [-0.1, -0.05) is 13.8 Å². The monoisotopic (exact) mass is 240 g/mol. The molecule has 0 aromatic heterocycles. The SMILES string of the molecule is CCCN(C1CCNC1)C1CCOC(CC)C1. The van der Waals surface area contributed by atoms with Gasteiger partial charge in [0.05, 0.1) is 6.10 Å². The van der Waals surface area contributed by atoms with Crippen molar-refractivity contribution in [3.63, 3.8) is 0 Å². The normalized spacial score (nSPS) is 34.4. The molecule has 2 saturated heterocycles. The molecule has 3 unspecified atom stereocenters. The molecule has 2 fully saturated rings. The lowest BCUT2D eigenvalue weighted by Crippen LogP contribution is -2.48. The lowest BCUT2D eigenvalue weighted by molar-refractivity contribution is -0.0362. The maximum atomic E-state index is 5.81. The average molecular weight is 240 g/mol. The maximum absolute atomic E-state index is 5.81. The Hall–Kier alpha value is -0.120. The van der Waals surface area contributed by atoms with Crippen molar-refractivity contribution in [2.75, 3.05) is 26.2 Å². The summed E-state index contributed by atoms with van der Waals surface area (Å²) in [7, 11) is 0. The van der Waals surface area contributed by atoms with Gasteiger partial charge in [0.15, 0.2) is 0 Å². The molecule has 0 bridgehead atoms. The molecule has 1 N–H and O–H groups in total. The van der Waals surface area contributed by atoms with Crippen LogP contribution < -0.4 is 5.32 Å². The van der Waals surface area contributed by atoms with Crippen molar-refractivity contribution in [3.05, 3.63) is 0 Å². The van der Waals surface area contributed by atoms with E-state index in [0.717, 1.165) is 18.7 Å². The van der Waals surface area contributed by atoms with Crippen LogP contribution in [0.2, 0.25) is 0 Å². The zero-order valence-corrected chi connectivity index (χ0v) is 11.5. The molecular weight excluding hydrogens is 212 g/mol. The fraction of sp³-hybridized carbons (Fsp3) is 1.00. The number of hydrogen-bond acceptors (Lipinski definition) is 3. The van der Waals surface area contributed by atoms with E-state index in [1.165, 1.54) is 51.7 Å². The molecule has 100 valence electrons. The van der Waals surface area contributed by atoms with Crippen molar-refractivity contribution in [1.29, 1.82) is 0 Å². The van der Waals surface area contributed by atoms with E-state index in [2.05, 4.69) is 24.1 Å². The highest BCUT2D eigenvalue weighted by molar-refractivity contribution is 4.87. The Balaban J connectivity index is 1.93. The van der Waals surface area contributed by atoms with Gasteiger partial charge < -0.3 is 10.1 Å². The van der Waals surface area contributed by atoms with Crippen molar-refractivity contribution >= 4 is 0 Å². The van der Waals surface area contributed by atoms with Gasteiger partial charge in [-0.25, -0.2) is 0 Å². The molecule has 0 aliphatic carbocycles. The summed E-state index contributed by atoms with van der Waals surface area (Å²) in [5, 5.41) is 3.50. The maximum Gasteiger partial charge on any atom is 0.0587 e. The van der Waals surface area contributed by atoms with Crippen LogP contribution in [0.4, 0.5) is 0 Å². The summed E-state index contributed by atoms with van der Waals surface area (Å²) in [6, 6.07) is 1.54. The molecule has 2 aliphatic rings. The third kappa shape index (κ3) is 3.43. The Morgan fingerprint density at radius 1 is 1.24 bits per heavy atom. The fourth-order valence-electron chi connectivity index (χ4n) is 3.29. The van der Waals surface area contributed by atoms with Crippen LogP contribution >= 0.6 is 0 Å². The van der Waals surface area contributed by atoms with Gasteiger partial charge in [0.25, 0.3) is 0 Å². The molecule has 0 aromatic rings. The van der Waals surface area contributed by atoms with Crippen LogP contribution in [-0.4, -0.2) is 49.3 Å². The number of rotatable bonds is 5. The molecule has 2 heterocycles. The van der Waals surface area contributed by atoms with Crippen molar-refractivity contribution in [3.8, 4) is 0 Å². The Kier molecular flexibility index (Phi) is 5.26. The number of ether oxygens (including phenoxy) is 1. The molecule has 0 aromatic carbocycles. The van der Waals surface area contributed by atoms with E-state index < -0.39 is 0 Å². The molecule has 3 atom stereocenters. The summed E-state index contributed by atoms with van der Waals surface area (Å²) in [6.45, 7) is 9.15. The number of nitrogens with zero attached hydrogens (tertiary/aromatic N) is 1. The van der Waals surface area contributed by atoms with Crippen LogP contribution in [0.5, 0.6) is 0 Å². The molecule has 3 nitrogen and oxygen atoms in total. The molecule has 17 heavy (non-hydrogen) atoms. The average Bonchev–Trinajstić information content (AvgIpc) is 2.89. The minimum absolute atomic E-state index is 0.502.